The number of rotatable bonds is 0. The van der Waals surface area contributed by atoms with E-state index < -0.39 is 0 Å². The third kappa shape index (κ3) is 2.45. The number of nitrogens with zero attached hydrogens (tertiary/aromatic N) is 2. The van der Waals surface area contributed by atoms with Crippen molar-refractivity contribution in [1.82, 2.24) is 4.90 Å². The molecule has 0 bridgehead atoms. The first-order chi connectivity index (χ1) is 9.25. The average molecular weight is 260 g/mol. The predicted octanol–water partition coefficient (Wildman–Crippen LogP) is 2.20. The van der Waals surface area contributed by atoms with E-state index >= 15 is 0 Å². The molecule has 102 valence electrons. The standard InChI is InChI=1S/C15H20N2O2/c1-12-4-5-14-13(11-12)3-2-6-17(14)15(18)16-7-9-19-10-8-16/h4-5,11H,2-3,6-10H2,1H3. The molecule has 4 nitrogen and oxygen atoms in total. The van der Waals surface area contributed by atoms with E-state index in [-0.39, 0.29) is 6.03 Å². The average Bonchev–Trinajstić information content (AvgIpc) is 2.46. The summed E-state index contributed by atoms with van der Waals surface area (Å²) in [6.07, 6.45) is 2.12. The largest absolute Gasteiger partial charge is 0.378 e. The van der Waals surface area contributed by atoms with E-state index in [0.29, 0.717) is 26.3 Å². The van der Waals surface area contributed by atoms with Gasteiger partial charge in [0, 0.05) is 25.3 Å². The minimum atomic E-state index is 0.133. The van der Waals surface area contributed by atoms with E-state index in [4.69, 9.17) is 4.74 Å². The summed E-state index contributed by atoms with van der Waals surface area (Å²) >= 11 is 0. The molecule has 1 fully saturated rings. The number of ether oxygens (including phenoxy) is 1. The third-order valence-corrected chi connectivity index (χ3v) is 3.87. The van der Waals surface area contributed by atoms with Crippen LogP contribution in [0, 0.1) is 6.92 Å². The number of benzene rings is 1. The lowest BCUT2D eigenvalue weighted by atomic mass is 10.00. The fourth-order valence-electron chi connectivity index (χ4n) is 2.85. The van der Waals surface area contributed by atoms with Crippen LogP contribution in [-0.2, 0) is 11.2 Å². The van der Waals surface area contributed by atoms with Crippen molar-refractivity contribution in [2.45, 2.75) is 19.8 Å². The molecular formula is C15H20N2O2. The van der Waals surface area contributed by atoms with Crippen LogP contribution in [0.3, 0.4) is 0 Å². The van der Waals surface area contributed by atoms with Gasteiger partial charge < -0.3 is 9.64 Å². The smallest absolute Gasteiger partial charge is 0.324 e. The number of morpholine rings is 1. The summed E-state index contributed by atoms with van der Waals surface area (Å²) in [6.45, 7) is 5.64. The van der Waals surface area contributed by atoms with Crippen LogP contribution in [0.5, 0.6) is 0 Å². The third-order valence-electron chi connectivity index (χ3n) is 3.87. The van der Waals surface area contributed by atoms with Gasteiger partial charge in [-0.15, -0.1) is 0 Å². The van der Waals surface area contributed by atoms with Crippen molar-refractivity contribution in [2.75, 3.05) is 37.7 Å². The van der Waals surface area contributed by atoms with E-state index in [1.54, 1.807) is 0 Å². The fraction of sp³-hybridized carbons (Fsp3) is 0.533. The van der Waals surface area contributed by atoms with E-state index in [1.807, 2.05) is 9.80 Å². The lowest BCUT2D eigenvalue weighted by molar-refractivity contribution is 0.0548. The maximum absolute atomic E-state index is 12.6. The van der Waals surface area contributed by atoms with Crippen LogP contribution >= 0.6 is 0 Å². The van der Waals surface area contributed by atoms with Crippen LogP contribution in [0.15, 0.2) is 18.2 Å². The van der Waals surface area contributed by atoms with E-state index in [0.717, 1.165) is 25.1 Å². The second kappa shape index (κ2) is 5.21. The first kappa shape index (κ1) is 12.5. The van der Waals surface area contributed by atoms with Gasteiger partial charge >= 0.3 is 6.03 Å². The monoisotopic (exact) mass is 260 g/mol. The lowest BCUT2D eigenvalue weighted by Crippen LogP contribution is -2.49. The van der Waals surface area contributed by atoms with Crippen LogP contribution < -0.4 is 4.90 Å². The molecule has 0 saturated carbocycles. The first-order valence-electron chi connectivity index (χ1n) is 6.99. The Morgan fingerprint density at radius 3 is 2.79 bits per heavy atom. The van der Waals surface area contributed by atoms with E-state index in [9.17, 15) is 4.79 Å². The van der Waals surface area contributed by atoms with Gasteiger partial charge in [-0.25, -0.2) is 4.79 Å². The Kier molecular flexibility index (Phi) is 3.42. The molecule has 2 amide bonds. The molecule has 0 spiro atoms. The number of carbonyl (C=O) groups excluding carboxylic acids is 1. The number of amides is 2. The molecule has 0 aliphatic carbocycles. The molecule has 19 heavy (non-hydrogen) atoms. The van der Waals surface area contributed by atoms with Gasteiger partial charge in [-0.05, 0) is 31.4 Å². The normalized spacial score (nSPS) is 19.2. The SMILES string of the molecule is Cc1ccc2c(c1)CCCN2C(=O)N1CCOCC1. The van der Waals surface area contributed by atoms with Crippen molar-refractivity contribution in [1.29, 1.82) is 0 Å². The molecule has 0 aromatic heterocycles. The summed E-state index contributed by atoms with van der Waals surface area (Å²) < 4.78 is 5.31. The zero-order chi connectivity index (χ0) is 13.2. The summed E-state index contributed by atoms with van der Waals surface area (Å²) in [7, 11) is 0. The number of aryl methyl sites for hydroxylation is 2. The molecule has 1 aromatic rings. The van der Waals surface area contributed by atoms with Gasteiger partial charge in [-0.3, -0.25) is 4.90 Å². The number of hydrogen-bond acceptors (Lipinski definition) is 2. The van der Waals surface area contributed by atoms with Crippen molar-refractivity contribution in [2.24, 2.45) is 0 Å². The molecule has 2 aliphatic heterocycles. The van der Waals surface area contributed by atoms with Crippen LogP contribution in [0.1, 0.15) is 17.5 Å². The topological polar surface area (TPSA) is 32.8 Å². The first-order valence-corrected chi connectivity index (χ1v) is 6.99. The molecule has 1 saturated heterocycles. The zero-order valence-electron chi connectivity index (χ0n) is 11.4. The molecule has 0 radical (unpaired) electrons. The van der Waals surface area contributed by atoms with Crippen molar-refractivity contribution in [3.63, 3.8) is 0 Å². The molecule has 0 unspecified atom stereocenters. The molecule has 2 heterocycles. The minimum Gasteiger partial charge on any atom is -0.378 e. The van der Waals surface area contributed by atoms with Crippen molar-refractivity contribution < 1.29 is 9.53 Å². The fourth-order valence-corrected chi connectivity index (χ4v) is 2.85. The Morgan fingerprint density at radius 1 is 1.21 bits per heavy atom. The molecular weight excluding hydrogens is 240 g/mol. The Morgan fingerprint density at radius 2 is 2.00 bits per heavy atom. The Balaban J connectivity index is 1.84. The Bertz CT molecular complexity index is 481. The molecule has 3 rings (SSSR count). The van der Waals surface area contributed by atoms with Crippen molar-refractivity contribution >= 4 is 11.7 Å². The predicted molar refractivity (Wildman–Crippen MR) is 74.6 cm³/mol. The van der Waals surface area contributed by atoms with Crippen LogP contribution in [0.25, 0.3) is 0 Å². The number of hydrogen-bond donors (Lipinski definition) is 0. The highest BCUT2D eigenvalue weighted by Crippen LogP contribution is 2.28. The van der Waals surface area contributed by atoms with Gasteiger partial charge in [-0.2, -0.15) is 0 Å². The van der Waals surface area contributed by atoms with Gasteiger partial charge in [0.2, 0.25) is 0 Å². The Labute approximate surface area is 113 Å². The number of carbonyl (C=O) groups is 1. The maximum Gasteiger partial charge on any atom is 0.324 e. The molecule has 4 heteroatoms. The van der Waals surface area contributed by atoms with Crippen molar-refractivity contribution in [3.8, 4) is 0 Å². The van der Waals surface area contributed by atoms with Crippen LogP contribution in [0.4, 0.5) is 10.5 Å². The maximum atomic E-state index is 12.6. The Hall–Kier alpha value is -1.55. The summed E-state index contributed by atoms with van der Waals surface area (Å²) in [5.41, 5.74) is 3.65. The lowest BCUT2D eigenvalue weighted by Gasteiger charge is -2.36. The van der Waals surface area contributed by atoms with Crippen LogP contribution in [-0.4, -0.2) is 43.8 Å². The summed E-state index contributed by atoms with van der Waals surface area (Å²) in [6, 6.07) is 6.51. The van der Waals surface area contributed by atoms with Gasteiger partial charge in [0.15, 0.2) is 0 Å². The highest BCUT2D eigenvalue weighted by molar-refractivity contribution is 5.93. The zero-order valence-corrected chi connectivity index (χ0v) is 11.4. The molecule has 1 aromatic carbocycles. The summed E-state index contributed by atoms with van der Waals surface area (Å²) in [4.78, 5) is 16.4. The van der Waals surface area contributed by atoms with E-state index in [1.165, 1.54) is 11.1 Å². The number of fused-ring (bicyclic) bond motifs is 1. The van der Waals surface area contributed by atoms with Gasteiger partial charge in [0.1, 0.15) is 0 Å². The van der Waals surface area contributed by atoms with Crippen LogP contribution in [0.2, 0.25) is 0 Å². The highest BCUT2D eigenvalue weighted by Gasteiger charge is 2.27. The quantitative estimate of drug-likeness (QED) is 0.716. The number of urea groups is 1. The second-order valence-corrected chi connectivity index (χ2v) is 5.27. The van der Waals surface area contributed by atoms with Crippen molar-refractivity contribution in [3.05, 3.63) is 29.3 Å². The minimum absolute atomic E-state index is 0.133. The second-order valence-electron chi connectivity index (χ2n) is 5.27. The summed E-state index contributed by atoms with van der Waals surface area (Å²) in [5, 5.41) is 0. The highest BCUT2D eigenvalue weighted by atomic mass is 16.5. The van der Waals surface area contributed by atoms with E-state index in [2.05, 4.69) is 25.1 Å². The van der Waals surface area contributed by atoms with Gasteiger partial charge in [0.05, 0.1) is 13.2 Å². The summed E-state index contributed by atoms with van der Waals surface area (Å²) in [5.74, 6) is 0. The number of anilines is 1. The van der Waals surface area contributed by atoms with Gasteiger partial charge in [0.25, 0.3) is 0 Å². The molecule has 0 N–H and O–H groups in total. The molecule has 0 atom stereocenters. The van der Waals surface area contributed by atoms with Gasteiger partial charge in [-0.1, -0.05) is 17.7 Å². The molecule has 2 aliphatic rings.